The Kier molecular flexibility index (Phi) is 2.73. The number of fused-ring (bicyclic) bond motifs is 1. The van der Waals surface area contributed by atoms with Gasteiger partial charge in [0, 0.05) is 11.1 Å². The van der Waals surface area contributed by atoms with Crippen molar-refractivity contribution in [1.82, 2.24) is 15.5 Å². The van der Waals surface area contributed by atoms with Crippen molar-refractivity contribution in [1.29, 1.82) is 0 Å². The van der Waals surface area contributed by atoms with E-state index in [1.807, 2.05) is 6.07 Å². The molecule has 17 heavy (non-hydrogen) atoms. The lowest BCUT2D eigenvalue weighted by Gasteiger charge is -2.21. The molecule has 0 atom stereocenters. The first-order chi connectivity index (χ1) is 8.33. The van der Waals surface area contributed by atoms with Crippen molar-refractivity contribution in [3.63, 3.8) is 0 Å². The number of hydrogen-bond acceptors (Lipinski definition) is 3. The van der Waals surface area contributed by atoms with Gasteiger partial charge in [0.1, 0.15) is 5.75 Å². The van der Waals surface area contributed by atoms with E-state index in [0.29, 0.717) is 5.75 Å². The van der Waals surface area contributed by atoms with Crippen LogP contribution in [0.25, 0.3) is 10.9 Å². The standard InChI is InChI=1S/C13H17N3O/c17-10-1-2-12-11(8-10)13(16-15-12)7-9-3-5-14-6-4-9/h1-2,8-9,14,17H,3-7H2,(H,15,16). The average molecular weight is 231 g/mol. The number of H-pyrrole nitrogens is 1. The smallest absolute Gasteiger partial charge is 0.116 e. The largest absolute Gasteiger partial charge is 0.508 e. The molecule has 4 heteroatoms. The molecule has 1 aromatic heterocycles. The second-order valence-electron chi connectivity index (χ2n) is 4.80. The lowest BCUT2D eigenvalue weighted by atomic mass is 9.92. The van der Waals surface area contributed by atoms with Crippen LogP contribution in [0.2, 0.25) is 0 Å². The highest BCUT2D eigenvalue weighted by molar-refractivity contribution is 5.82. The average Bonchev–Trinajstić information content (AvgIpc) is 2.73. The van der Waals surface area contributed by atoms with Crippen molar-refractivity contribution < 1.29 is 5.11 Å². The van der Waals surface area contributed by atoms with E-state index in [2.05, 4.69) is 15.5 Å². The Morgan fingerprint density at radius 2 is 2.12 bits per heavy atom. The van der Waals surface area contributed by atoms with Crippen LogP contribution in [0, 0.1) is 5.92 Å². The Labute approximate surface area is 100 Å². The highest BCUT2D eigenvalue weighted by Crippen LogP contribution is 2.25. The number of aromatic hydroxyl groups is 1. The second kappa shape index (κ2) is 4.37. The maximum atomic E-state index is 9.53. The Hall–Kier alpha value is -1.55. The number of rotatable bonds is 2. The Bertz CT molecular complexity index is 514. The third-order valence-electron chi connectivity index (χ3n) is 3.57. The Morgan fingerprint density at radius 3 is 2.94 bits per heavy atom. The minimum Gasteiger partial charge on any atom is -0.508 e. The summed E-state index contributed by atoms with van der Waals surface area (Å²) in [5.74, 6) is 1.03. The van der Waals surface area contributed by atoms with E-state index in [0.717, 1.165) is 42.0 Å². The summed E-state index contributed by atoms with van der Waals surface area (Å²) in [6.07, 6.45) is 3.47. The zero-order valence-corrected chi connectivity index (χ0v) is 9.74. The molecule has 0 bridgehead atoms. The maximum Gasteiger partial charge on any atom is 0.116 e. The van der Waals surface area contributed by atoms with Gasteiger partial charge < -0.3 is 10.4 Å². The molecule has 1 saturated heterocycles. The predicted octanol–water partition coefficient (Wildman–Crippen LogP) is 1.81. The minimum atomic E-state index is 0.311. The summed E-state index contributed by atoms with van der Waals surface area (Å²) < 4.78 is 0. The number of benzene rings is 1. The van der Waals surface area contributed by atoms with Crippen molar-refractivity contribution in [3.05, 3.63) is 23.9 Å². The van der Waals surface area contributed by atoms with Gasteiger partial charge in [-0.15, -0.1) is 0 Å². The van der Waals surface area contributed by atoms with Gasteiger partial charge in [-0.05, 0) is 56.5 Å². The molecule has 1 fully saturated rings. The summed E-state index contributed by atoms with van der Waals surface area (Å²) in [5.41, 5.74) is 2.09. The SMILES string of the molecule is Oc1ccc2n[nH]c(CC3CCNCC3)c2c1. The number of nitrogens with zero attached hydrogens (tertiary/aromatic N) is 1. The van der Waals surface area contributed by atoms with Crippen LogP contribution >= 0.6 is 0 Å². The predicted molar refractivity (Wildman–Crippen MR) is 67.1 cm³/mol. The molecule has 3 rings (SSSR count). The van der Waals surface area contributed by atoms with Crippen LogP contribution in [0.3, 0.4) is 0 Å². The molecule has 0 amide bonds. The van der Waals surface area contributed by atoms with E-state index < -0.39 is 0 Å². The summed E-state index contributed by atoms with van der Waals surface area (Å²) in [4.78, 5) is 0. The highest BCUT2D eigenvalue weighted by Gasteiger charge is 2.16. The zero-order chi connectivity index (χ0) is 11.7. The van der Waals surface area contributed by atoms with Gasteiger partial charge in [-0.3, -0.25) is 5.10 Å². The van der Waals surface area contributed by atoms with Crippen molar-refractivity contribution in [2.24, 2.45) is 5.92 Å². The van der Waals surface area contributed by atoms with Crippen LogP contribution in [-0.4, -0.2) is 28.4 Å². The van der Waals surface area contributed by atoms with Crippen molar-refractivity contribution in [3.8, 4) is 5.75 Å². The number of piperidine rings is 1. The number of nitrogens with one attached hydrogen (secondary N) is 2. The molecule has 1 aliphatic heterocycles. The molecule has 2 aromatic rings. The van der Waals surface area contributed by atoms with E-state index in [9.17, 15) is 5.11 Å². The molecule has 1 aliphatic rings. The summed E-state index contributed by atoms with van der Waals surface area (Å²) >= 11 is 0. The van der Waals surface area contributed by atoms with E-state index in [-0.39, 0.29) is 0 Å². The van der Waals surface area contributed by atoms with Crippen LogP contribution in [0.4, 0.5) is 0 Å². The van der Waals surface area contributed by atoms with Gasteiger partial charge in [-0.1, -0.05) is 0 Å². The fourth-order valence-corrected chi connectivity index (χ4v) is 2.58. The van der Waals surface area contributed by atoms with Crippen LogP contribution in [0.5, 0.6) is 5.75 Å². The highest BCUT2D eigenvalue weighted by atomic mass is 16.3. The monoisotopic (exact) mass is 231 g/mol. The van der Waals surface area contributed by atoms with Gasteiger partial charge in [0.15, 0.2) is 0 Å². The molecule has 90 valence electrons. The van der Waals surface area contributed by atoms with Gasteiger partial charge >= 0.3 is 0 Å². The lowest BCUT2D eigenvalue weighted by Crippen LogP contribution is -2.28. The number of phenolic OH excluding ortho intramolecular Hbond substituents is 1. The van der Waals surface area contributed by atoms with E-state index >= 15 is 0 Å². The lowest BCUT2D eigenvalue weighted by molar-refractivity contribution is 0.370. The van der Waals surface area contributed by atoms with Crippen molar-refractivity contribution >= 4 is 10.9 Å². The number of aromatic nitrogens is 2. The first kappa shape index (κ1) is 10.6. The molecule has 0 spiro atoms. The van der Waals surface area contributed by atoms with E-state index in [1.165, 1.54) is 12.8 Å². The molecule has 0 saturated carbocycles. The van der Waals surface area contributed by atoms with Gasteiger partial charge in [-0.2, -0.15) is 5.10 Å². The first-order valence-corrected chi connectivity index (χ1v) is 6.19. The third-order valence-corrected chi connectivity index (χ3v) is 3.57. The van der Waals surface area contributed by atoms with Gasteiger partial charge in [0.25, 0.3) is 0 Å². The zero-order valence-electron chi connectivity index (χ0n) is 9.74. The number of aromatic amines is 1. The van der Waals surface area contributed by atoms with Crippen LogP contribution in [0.15, 0.2) is 18.2 Å². The molecule has 0 radical (unpaired) electrons. The van der Waals surface area contributed by atoms with E-state index in [4.69, 9.17) is 0 Å². The molecule has 0 unspecified atom stereocenters. The van der Waals surface area contributed by atoms with Gasteiger partial charge in [0.05, 0.1) is 5.52 Å². The first-order valence-electron chi connectivity index (χ1n) is 6.19. The van der Waals surface area contributed by atoms with Crippen molar-refractivity contribution in [2.75, 3.05) is 13.1 Å². The molecule has 2 heterocycles. The van der Waals surface area contributed by atoms with Gasteiger partial charge in [0.2, 0.25) is 0 Å². The molecule has 4 nitrogen and oxygen atoms in total. The summed E-state index contributed by atoms with van der Waals surface area (Å²) in [7, 11) is 0. The number of hydrogen-bond donors (Lipinski definition) is 3. The quantitative estimate of drug-likeness (QED) is 0.738. The maximum absolute atomic E-state index is 9.53. The van der Waals surface area contributed by atoms with E-state index in [1.54, 1.807) is 12.1 Å². The topological polar surface area (TPSA) is 60.9 Å². The molecule has 1 aromatic carbocycles. The number of phenols is 1. The molecular weight excluding hydrogens is 214 g/mol. The van der Waals surface area contributed by atoms with Crippen molar-refractivity contribution in [2.45, 2.75) is 19.3 Å². The fraction of sp³-hybridized carbons (Fsp3) is 0.462. The minimum absolute atomic E-state index is 0.311. The normalized spacial score (nSPS) is 17.6. The summed E-state index contributed by atoms with van der Waals surface area (Å²) in [5, 5.41) is 21.3. The molecular formula is C13H17N3O. The Morgan fingerprint density at radius 1 is 1.29 bits per heavy atom. The summed E-state index contributed by atoms with van der Waals surface area (Å²) in [6.45, 7) is 2.23. The third kappa shape index (κ3) is 2.13. The van der Waals surface area contributed by atoms with Crippen LogP contribution < -0.4 is 5.32 Å². The Balaban J connectivity index is 1.86. The summed E-state index contributed by atoms with van der Waals surface area (Å²) in [6, 6.07) is 5.33. The van der Waals surface area contributed by atoms with Crippen LogP contribution in [-0.2, 0) is 6.42 Å². The fourth-order valence-electron chi connectivity index (χ4n) is 2.58. The molecule has 3 N–H and O–H groups in total. The van der Waals surface area contributed by atoms with Gasteiger partial charge in [-0.25, -0.2) is 0 Å². The molecule has 0 aliphatic carbocycles. The second-order valence-corrected chi connectivity index (χ2v) is 4.80. The van der Waals surface area contributed by atoms with Crippen LogP contribution in [0.1, 0.15) is 18.5 Å².